The third kappa shape index (κ3) is 3.93. The molecule has 4 N–H and O–H groups in total. The molecule has 0 radical (unpaired) electrons. The SMILES string of the molecule is CC(N)CCCC(C)(C)c1ccc(O)cc1O. The van der Waals surface area contributed by atoms with Gasteiger partial charge >= 0.3 is 0 Å². The van der Waals surface area contributed by atoms with Gasteiger partial charge in [0.2, 0.25) is 0 Å². The zero-order chi connectivity index (χ0) is 13.1. The summed E-state index contributed by atoms with van der Waals surface area (Å²) in [6, 6.07) is 5.01. The highest BCUT2D eigenvalue weighted by Crippen LogP contribution is 2.36. The van der Waals surface area contributed by atoms with Crippen molar-refractivity contribution in [3.8, 4) is 11.5 Å². The molecule has 3 heteroatoms. The zero-order valence-corrected chi connectivity index (χ0v) is 10.9. The largest absolute Gasteiger partial charge is 0.508 e. The van der Waals surface area contributed by atoms with Gasteiger partial charge in [-0.2, -0.15) is 0 Å². The van der Waals surface area contributed by atoms with Crippen molar-refractivity contribution < 1.29 is 10.2 Å². The number of rotatable bonds is 5. The van der Waals surface area contributed by atoms with E-state index in [1.165, 1.54) is 6.07 Å². The third-order valence-corrected chi connectivity index (χ3v) is 3.17. The van der Waals surface area contributed by atoms with Crippen LogP contribution in [-0.2, 0) is 5.41 Å². The minimum atomic E-state index is -0.104. The third-order valence-electron chi connectivity index (χ3n) is 3.17. The molecule has 1 aromatic carbocycles. The van der Waals surface area contributed by atoms with Crippen molar-refractivity contribution in [1.82, 2.24) is 0 Å². The van der Waals surface area contributed by atoms with Gasteiger partial charge in [-0.3, -0.25) is 0 Å². The molecule has 0 saturated carbocycles. The van der Waals surface area contributed by atoms with Crippen LogP contribution in [-0.4, -0.2) is 16.3 Å². The number of nitrogens with two attached hydrogens (primary N) is 1. The molecule has 0 heterocycles. The molecule has 0 aromatic heterocycles. The minimum absolute atomic E-state index is 0.0950. The molecule has 1 rings (SSSR count). The quantitative estimate of drug-likeness (QED) is 0.737. The number of phenolic OH excluding ortho intramolecular Hbond substituents is 2. The van der Waals surface area contributed by atoms with E-state index in [0.29, 0.717) is 0 Å². The summed E-state index contributed by atoms with van der Waals surface area (Å²) in [6.45, 7) is 6.20. The molecule has 1 unspecified atom stereocenters. The van der Waals surface area contributed by atoms with Crippen molar-refractivity contribution in [2.24, 2.45) is 5.73 Å². The van der Waals surface area contributed by atoms with Gasteiger partial charge in [0, 0.05) is 12.1 Å². The molecule has 96 valence electrons. The second-order valence-electron chi connectivity index (χ2n) is 5.45. The smallest absolute Gasteiger partial charge is 0.122 e. The summed E-state index contributed by atoms with van der Waals surface area (Å²) in [5.74, 6) is 0.258. The highest BCUT2D eigenvalue weighted by atomic mass is 16.3. The first-order valence-corrected chi connectivity index (χ1v) is 6.11. The van der Waals surface area contributed by atoms with Gasteiger partial charge in [-0.15, -0.1) is 0 Å². The second kappa shape index (κ2) is 5.41. The Morgan fingerprint density at radius 1 is 1.29 bits per heavy atom. The van der Waals surface area contributed by atoms with Crippen LogP contribution < -0.4 is 5.73 Å². The van der Waals surface area contributed by atoms with E-state index in [-0.39, 0.29) is 23.0 Å². The van der Waals surface area contributed by atoms with Gasteiger partial charge in [0.1, 0.15) is 11.5 Å². The number of phenols is 2. The average molecular weight is 237 g/mol. The van der Waals surface area contributed by atoms with E-state index in [9.17, 15) is 10.2 Å². The van der Waals surface area contributed by atoms with Gasteiger partial charge in [-0.25, -0.2) is 0 Å². The normalized spacial score (nSPS) is 13.6. The van der Waals surface area contributed by atoms with Gasteiger partial charge in [0.05, 0.1) is 0 Å². The molecule has 1 aromatic rings. The van der Waals surface area contributed by atoms with E-state index in [2.05, 4.69) is 13.8 Å². The molecule has 0 amide bonds. The fourth-order valence-electron chi connectivity index (χ4n) is 2.09. The summed E-state index contributed by atoms with van der Waals surface area (Å²) in [7, 11) is 0. The summed E-state index contributed by atoms with van der Waals surface area (Å²) < 4.78 is 0. The number of hydrogen-bond acceptors (Lipinski definition) is 3. The van der Waals surface area contributed by atoms with Crippen LogP contribution in [0.25, 0.3) is 0 Å². The summed E-state index contributed by atoms with van der Waals surface area (Å²) >= 11 is 0. The fourth-order valence-corrected chi connectivity index (χ4v) is 2.09. The van der Waals surface area contributed by atoms with Gasteiger partial charge in [-0.1, -0.05) is 26.3 Å². The first-order valence-electron chi connectivity index (χ1n) is 6.11. The minimum Gasteiger partial charge on any atom is -0.508 e. The summed E-state index contributed by atoms with van der Waals surface area (Å²) in [5.41, 5.74) is 6.50. The second-order valence-corrected chi connectivity index (χ2v) is 5.45. The maximum absolute atomic E-state index is 9.85. The van der Waals surface area contributed by atoms with Crippen LogP contribution >= 0.6 is 0 Å². The molecule has 0 saturated heterocycles. The zero-order valence-electron chi connectivity index (χ0n) is 10.9. The predicted octanol–water partition coefficient (Wildman–Crippen LogP) is 2.89. The number of benzene rings is 1. The lowest BCUT2D eigenvalue weighted by Crippen LogP contribution is -2.20. The Balaban J connectivity index is 2.74. The van der Waals surface area contributed by atoms with Crippen molar-refractivity contribution in [2.75, 3.05) is 0 Å². The maximum Gasteiger partial charge on any atom is 0.122 e. The highest BCUT2D eigenvalue weighted by molar-refractivity contribution is 5.42. The van der Waals surface area contributed by atoms with Crippen LogP contribution in [0.4, 0.5) is 0 Å². The topological polar surface area (TPSA) is 66.5 Å². The van der Waals surface area contributed by atoms with Gasteiger partial charge in [0.15, 0.2) is 0 Å². The molecule has 0 bridgehead atoms. The molecule has 0 aliphatic carbocycles. The first-order chi connectivity index (χ1) is 7.83. The lowest BCUT2D eigenvalue weighted by molar-refractivity contribution is 0.398. The summed E-state index contributed by atoms with van der Waals surface area (Å²) in [4.78, 5) is 0. The van der Waals surface area contributed by atoms with E-state index >= 15 is 0 Å². The molecular weight excluding hydrogens is 214 g/mol. The van der Waals surface area contributed by atoms with E-state index < -0.39 is 0 Å². The highest BCUT2D eigenvalue weighted by Gasteiger charge is 2.23. The van der Waals surface area contributed by atoms with E-state index in [0.717, 1.165) is 24.8 Å². The van der Waals surface area contributed by atoms with Crippen LogP contribution in [0.3, 0.4) is 0 Å². The van der Waals surface area contributed by atoms with Crippen molar-refractivity contribution in [1.29, 1.82) is 0 Å². The molecule has 1 atom stereocenters. The first kappa shape index (κ1) is 13.8. The van der Waals surface area contributed by atoms with Crippen molar-refractivity contribution >= 4 is 0 Å². The van der Waals surface area contributed by atoms with Crippen LogP contribution in [0.2, 0.25) is 0 Å². The molecule has 0 aliphatic heterocycles. The Labute approximate surface area is 103 Å². The van der Waals surface area contributed by atoms with Crippen molar-refractivity contribution in [3.63, 3.8) is 0 Å². The molecule has 3 nitrogen and oxygen atoms in total. The summed E-state index contributed by atoms with van der Waals surface area (Å²) in [5, 5.41) is 19.1. The van der Waals surface area contributed by atoms with Gasteiger partial charge in [0.25, 0.3) is 0 Å². The number of hydrogen-bond donors (Lipinski definition) is 3. The molecule has 17 heavy (non-hydrogen) atoms. The summed E-state index contributed by atoms with van der Waals surface area (Å²) in [6.07, 6.45) is 2.99. The van der Waals surface area contributed by atoms with E-state index in [1.807, 2.05) is 6.92 Å². The van der Waals surface area contributed by atoms with Crippen molar-refractivity contribution in [2.45, 2.75) is 51.5 Å². The lowest BCUT2D eigenvalue weighted by atomic mass is 9.79. The maximum atomic E-state index is 9.85. The number of aromatic hydroxyl groups is 2. The molecule has 0 fully saturated rings. The van der Waals surface area contributed by atoms with Crippen LogP contribution in [0.5, 0.6) is 11.5 Å². The lowest BCUT2D eigenvalue weighted by Gasteiger charge is -2.26. The Morgan fingerprint density at radius 2 is 1.94 bits per heavy atom. The molecule has 0 aliphatic rings. The van der Waals surface area contributed by atoms with Crippen LogP contribution in [0.15, 0.2) is 18.2 Å². The molecular formula is C14H23NO2. The monoisotopic (exact) mass is 237 g/mol. The average Bonchev–Trinajstić information content (AvgIpc) is 2.15. The van der Waals surface area contributed by atoms with E-state index in [4.69, 9.17) is 5.73 Å². The van der Waals surface area contributed by atoms with Gasteiger partial charge < -0.3 is 15.9 Å². The van der Waals surface area contributed by atoms with Crippen LogP contribution in [0, 0.1) is 0 Å². The Morgan fingerprint density at radius 3 is 2.47 bits per heavy atom. The van der Waals surface area contributed by atoms with Crippen LogP contribution in [0.1, 0.15) is 45.6 Å². The van der Waals surface area contributed by atoms with E-state index in [1.54, 1.807) is 12.1 Å². The Bertz CT molecular complexity index is 372. The molecule has 0 spiro atoms. The van der Waals surface area contributed by atoms with Crippen molar-refractivity contribution in [3.05, 3.63) is 23.8 Å². The Hall–Kier alpha value is -1.22. The Kier molecular flexibility index (Phi) is 4.40. The predicted molar refractivity (Wildman–Crippen MR) is 70.3 cm³/mol. The van der Waals surface area contributed by atoms with Gasteiger partial charge in [-0.05, 0) is 36.8 Å². The standard InChI is InChI=1S/C14H23NO2/c1-10(15)5-4-8-14(2,3)12-7-6-11(16)9-13(12)17/h6-7,9-10,16-17H,4-5,8,15H2,1-3H3. The fraction of sp³-hybridized carbons (Fsp3) is 0.571.